The van der Waals surface area contributed by atoms with Gasteiger partial charge in [-0.1, -0.05) is 18.2 Å². The molecule has 6 nitrogen and oxygen atoms in total. The highest BCUT2D eigenvalue weighted by molar-refractivity contribution is 6.05. The Balaban J connectivity index is 1.65. The van der Waals surface area contributed by atoms with Crippen LogP contribution in [-0.2, 0) is 0 Å². The van der Waals surface area contributed by atoms with Crippen LogP contribution in [-0.4, -0.2) is 36.9 Å². The first-order chi connectivity index (χ1) is 13.7. The number of hydrogen-bond donors (Lipinski definition) is 2. The fourth-order valence-electron chi connectivity index (χ4n) is 3.16. The molecule has 6 heteroatoms. The summed E-state index contributed by atoms with van der Waals surface area (Å²) in [5, 5.41) is 11.2. The van der Waals surface area contributed by atoms with Crippen molar-refractivity contribution in [3.05, 3.63) is 53.2 Å². The number of aromatic amines is 1. The number of rotatable bonds is 7. The van der Waals surface area contributed by atoms with E-state index in [1.54, 1.807) is 20.3 Å². The van der Waals surface area contributed by atoms with Crippen molar-refractivity contribution in [1.29, 1.82) is 0 Å². The Bertz CT molecular complexity index is 1020. The maximum atomic E-state index is 12.6. The van der Waals surface area contributed by atoms with Crippen molar-refractivity contribution in [2.45, 2.75) is 12.8 Å². The van der Waals surface area contributed by atoms with Gasteiger partial charge in [0.25, 0.3) is 5.91 Å². The van der Waals surface area contributed by atoms with E-state index in [2.05, 4.69) is 15.5 Å². The van der Waals surface area contributed by atoms with Crippen molar-refractivity contribution in [3.63, 3.8) is 0 Å². The van der Waals surface area contributed by atoms with Crippen LogP contribution >= 0.6 is 0 Å². The Morgan fingerprint density at radius 3 is 2.61 bits per heavy atom. The predicted molar refractivity (Wildman–Crippen MR) is 110 cm³/mol. The van der Waals surface area contributed by atoms with Crippen molar-refractivity contribution < 1.29 is 14.3 Å². The lowest BCUT2D eigenvalue weighted by Gasteiger charge is -2.10. The summed E-state index contributed by atoms with van der Waals surface area (Å²) in [4.78, 5) is 12.6. The quantitative estimate of drug-likeness (QED) is 0.655. The average Bonchev–Trinajstić information content (AvgIpc) is 3.48. The summed E-state index contributed by atoms with van der Waals surface area (Å²) >= 11 is 0. The smallest absolute Gasteiger partial charge is 0.255 e. The number of benzene rings is 2. The van der Waals surface area contributed by atoms with E-state index in [0.29, 0.717) is 17.2 Å². The van der Waals surface area contributed by atoms with Gasteiger partial charge in [0.05, 0.1) is 36.4 Å². The third kappa shape index (κ3) is 3.71. The summed E-state index contributed by atoms with van der Waals surface area (Å²) in [5.41, 5.74) is 3.10. The van der Waals surface area contributed by atoms with E-state index in [1.807, 2.05) is 42.5 Å². The molecule has 1 aliphatic rings. The van der Waals surface area contributed by atoms with Gasteiger partial charge in [-0.2, -0.15) is 5.10 Å². The van der Waals surface area contributed by atoms with Crippen molar-refractivity contribution in [2.24, 2.45) is 5.92 Å². The Kier molecular flexibility index (Phi) is 5.02. The van der Waals surface area contributed by atoms with Gasteiger partial charge in [0.2, 0.25) is 0 Å². The second-order valence-electron chi connectivity index (χ2n) is 6.94. The zero-order valence-electron chi connectivity index (χ0n) is 16.0. The summed E-state index contributed by atoms with van der Waals surface area (Å²) in [6.45, 7) is 0.718. The number of amides is 1. The van der Waals surface area contributed by atoms with Gasteiger partial charge in [0, 0.05) is 6.54 Å². The maximum absolute atomic E-state index is 12.6. The fourth-order valence-corrected chi connectivity index (χ4v) is 3.16. The molecule has 4 rings (SSSR count). The van der Waals surface area contributed by atoms with E-state index in [9.17, 15) is 4.79 Å². The number of methoxy groups -OCH3 is 2. The fraction of sp³-hybridized carbons (Fsp3) is 0.273. The maximum Gasteiger partial charge on any atom is 0.255 e. The molecular weight excluding hydrogens is 354 g/mol. The molecule has 0 atom stereocenters. The van der Waals surface area contributed by atoms with Crippen LogP contribution in [0.3, 0.4) is 0 Å². The van der Waals surface area contributed by atoms with Gasteiger partial charge in [-0.3, -0.25) is 9.89 Å². The Labute approximate surface area is 163 Å². The molecule has 2 N–H and O–H groups in total. The highest BCUT2D eigenvalue weighted by Gasteiger charge is 2.24. The predicted octanol–water partition coefficient (Wildman–Crippen LogP) is 3.89. The van der Waals surface area contributed by atoms with Crippen LogP contribution < -0.4 is 14.8 Å². The highest BCUT2D eigenvalue weighted by Crippen LogP contribution is 2.33. The molecule has 0 aliphatic heterocycles. The highest BCUT2D eigenvalue weighted by atomic mass is 16.5. The number of ether oxygens (including phenoxy) is 2. The standard InChI is InChI=1S/C22H23N3O3/c1-27-16-8-5-14(6-9-16)7-11-18-20-19(25-24-18)12-10-17(21(20)28-2)22(26)23-13-15-3-4-15/h5-12,15H,3-4,13H2,1-2H3,(H,23,26)(H,24,25)/b11-7+. The summed E-state index contributed by atoms with van der Waals surface area (Å²) in [5.74, 6) is 1.86. The summed E-state index contributed by atoms with van der Waals surface area (Å²) in [6, 6.07) is 11.4. The molecule has 0 spiro atoms. The first-order valence-electron chi connectivity index (χ1n) is 9.35. The Morgan fingerprint density at radius 2 is 1.93 bits per heavy atom. The minimum Gasteiger partial charge on any atom is -0.497 e. The number of carbonyl (C=O) groups is 1. The molecule has 1 fully saturated rings. The summed E-state index contributed by atoms with van der Waals surface area (Å²) in [7, 11) is 3.22. The first kappa shape index (κ1) is 18.1. The summed E-state index contributed by atoms with van der Waals surface area (Å²) < 4.78 is 10.8. The summed E-state index contributed by atoms with van der Waals surface area (Å²) in [6.07, 6.45) is 6.30. The second kappa shape index (κ2) is 7.76. The second-order valence-corrected chi connectivity index (χ2v) is 6.94. The van der Waals surface area contributed by atoms with Crippen LogP contribution in [0.25, 0.3) is 23.1 Å². The van der Waals surface area contributed by atoms with Crippen molar-refractivity contribution in [3.8, 4) is 11.5 Å². The van der Waals surface area contributed by atoms with Crippen molar-refractivity contribution in [1.82, 2.24) is 15.5 Å². The molecule has 0 bridgehead atoms. The van der Waals surface area contributed by atoms with E-state index in [4.69, 9.17) is 9.47 Å². The van der Waals surface area contributed by atoms with Crippen LogP contribution in [0.4, 0.5) is 0 Å². The molecule has 0 unspecified atom stereocenters. The number of hydrogen-bond acceptors (Lipinski definition) is 4. The largest absolute Gasteiger partial charge is 0.497 e. The molecule has 0 saturated heterocycles. The van der Waals surface area contributed by atoms with Crippen molar-refractivity contribution >= 4 is 29.0 Å². The minimum absolute atomic E-state index is 0.114. The third-order valence-electron chi connectivity index (χ3n) is 4.96. The van der Waals surface area contributed by atoms with Crippen LogP contribution in [0.1, 0.15) is 34.5 Å². The Morgan fingerprint density at radius 1 is 1.14 bits per heavy atom. The average molecular weight is 377 g/mol. The van der Waals surface area contributed by atoms with E-state index in [1.165, 1.54) is 12.8 Å². The number of aromatic nitrogens is 2. The molecule has 1 aromatic heterocycles. The van der Waals surface area contributed by atoms with Gasteiger partial charge in [-0.25, -0.2) is 0 Å². The molecule has 1 heterocycles. The molecule has 0 radical (unpaired) electrons. The van der Waals surface area contributed by atoms with Gasteiger partial charge in [0.1, 0.15) is 11.5 Å². The topological polar surface area (TPSA) is 76.2 Å². The lowest BCUT2D eigenvalue weighted by molar-refractivity contribution is 0.0949. The van der Waals surface area contributed by atoms with Gasteiger partial charge < -0.3 is 14.8 Å². The number of nitrogens with one attached hydrogen (secondary N) is 2. The zero-order chi connectivity index (χ0) is 19.5. The van der Waals surface area contributed by atoms with E-state index >= 15 is 0 Å². The number of nitrogens with zero attached hydrogens (tertiary/aromatic N) is 1. The van der Waals surface area contributed by atoms with E-state index < -0.39 is 0 Å². The van der Waals surface area contributed by atoms with E-state index in [0.717, 1.165) is 34.5 Å². The molecule has 1 saturated carbocycles. The van der Waals surface area contributed by atoms with Crippen LogP contribution in [0.15, 0.2) is 36.4 Å². The van der Waals surface area contributed by atoms with E-state index in [-0.39, 0.29) is 5.91 Å². The molecule has 3 aromatic rings. The number of H-pyrrole nitrogens is 1. The van der Waals surface area contributed by atoms with Gasteiger partial charge in [-0.15, -0.1) is 0 Å². The molecule has 144 valence electrons. The zero-order valence-corrected chi connectivity index (χ0v) is 16.0. The third-order valence-corrected chi connectivity index (χ3v) is 4.96. The molecule has 1 aliphatic carbocycles. The molecule has 28 heavy (non-hydrogen) atoms. The molecule has 2 aromatic carbocycles. The van der Waals surface area contributed by atoms with Gasteiger partial charge in [-0.05, 0) is 54.7 Å². The van der Waals surface area contributed by atoms with Crippen molar-refractivity contribution in [2.75, 3.05) is 20.8 Å². The SMILES string of the molecule is COc1ccc(/C=C/c2[nH]nc3ccc(C(=O)NCC4CC4)c(OC)c23)cc1. The molecular formula is C22H23N3O3. The van der Waals surface area contributed by atoms with Gasteiger partial charge in [0.15, 0.2) is 0 Å². The lowest BCUT2D eigenvalue weighted by Crippen LogP contribution is -2.26. The minimum atomic E-state index is -0.114. The lowest BCUT2D eigenvalue weighted by atomic mass is 10.1. The first-order valence-corrected chi connectivity index (χ1v) is 9.35. The van der Waals surface area contributed by atoms with Crippen LogP contribution in [0.2, 0.25) is 0 Å². The monoisotopic (exact) mass is 377 g/mol. The number of carbonyl (C=O) groups excluding carboxylic acids is 1. The van der Waals surface area contributed by atoms with Crippen LogP contribution in [0, 0.1) is 5.92 Å². The normalized spacial score (nSPS) is 13.8. The Hall–Kier alpha value is -3.28. The van der Waals surface area contributed by atoms with Crippen LogP contribution in [0.5, 0.6) is 11.5 Å². The number of fused-ring (bicyclic) bond motifs is 1. The molecule has 1 amide bonds. The van der Waals surface area contributed by atoms with Gasteiger partial charge >= 0.3 is 0 Å².